The van der Waals surface area contributed by atoms with Crippen molar-refractivity contribution >= 4 is 22.4 Å². The van der Waals surface area contributed by atoms with E-state index in [0.29, 0.717) is 22.7 Å². The van der Waals surface area contributed by atoms with Gasteiger partial charge >= 0.3 is 0 Å². The number of aryl methyl sites for hydroxylation is 2. The number of benzene rings is 1. The van der Waals surface area contributed by atoms with Crippen molar-refractivity contribution in [2.24, 2.45) is 0 Å². The first-order valence-electron chi connectivity index (χ1n) is 8.95. The summed E-state index contributed by atoms with van der Waals surface area (Å²) in [4.78, 5) is 21.8. The van der Waals surface area contributed by atoms with Gasteiger partial charge in [-0.25, -0.2) is 9.67 Å². The first-order chi connectivity index (χ1) is 14.1. The SMILES string of the molecule is Cc1cc(C)cc(-n2ncc3c(=O)n(Cc4noc(-c5ccsc5)n4)cnc32)c1. The van der Waals surface area contributed by atoms with Crippen LogP contribution in [0.5, 0.6) is 0 Å². The molecule has 0 radical (unpaired) electrons. The van der Waals surface area contributed by atoms with Crippen molar-refractivity contribution in [3.63, 3.8) is 0 Å². The summed E-state index contributed by atoms with van der Waals surface area (Å²) in [6.07, 6.45) is 3.04. The maximum atomic E-state index is 12.9. The molecule has 0 aliphatic rings. The Balaban J connectivity index is 1.51. The van der Waals surface area contributed by atoms with Crippen LogP contribution in [0.15, 0.2) is 56.9 Å². The van der Waals surface area contributed by atoms with Crippen LogP contribution in [0.25, 0.3) is 28.2 Å². The highest BCUT2D eigenvalue weighted by atomic mass is 32.1. The lowest BCUT2D eigenvalue weighted by Gasteiger charge is -2.07. The van der Waals surface area contributed by atoms with Gasteiger partial charge < -0.3 is 4.52 Å². The molecule has 0 spiro atoms. The molecular formula is C20H16N6O2S. The van der Waals surface area contributed by atoms with E-state index >= 15 is 0 Å². The Morgan fingerprint density at radius 2 is 2.00 bits per heavy atom. The van der Waals surface area contributed by atoms with Crippen LogP contribution in [0.1, 0.15) is 17.0 Å². The van der Waals surface area contributed by atoms with Crippen molar-refractivity contribution in [3.8, 4) is 17.1 Å². The molecule has 0 atom stereocenters. The van der Waals surface area contributed by atoms with Crippen molar-refractivity contribution in [2.45, 2.75) is 20.4 Å². The standard InChI is InChI=1S/C20H16N6O2S/c1-12-5-13(2)7-15(6-12)26-18-16(8-22-26)20(27)25(11-21-18)9-17-23-19(28-24-17)14-3-4-29-10-14/h3-8,10-11H,9H2,1-2H3. The molecule has 0 fully saturated rings. The lowest BCUT2D eigenvalue weighted by Crippen LogP contribution is -2.21. The number of hydrogen-bond acceptors (Lipinski definition) is 7. The lowest BCUT2D eigenvalue weighted by molar-refractivity contribution is 0.420. The van der Waals surface area contributed by atoms with Gasteiger partial charge in [0, 0.05) is 5.38 Å². The Labute approximate surface area is 169 Å². The van der Waals surface area contributed by atoms with Gasteiger partial charge in [-0.3, -0.25) is 9.36 Å². The Bertz CT molecular complexity index is 1360. The van der Waals surface area contributed by atoms with E-state index in [1.165, 1.54) is 10.9 Å². The molecular weight excluding hydrogens is 388 g/mol. The minimum atomic E-state index is -0.201. The summed E-state index contributed by atoms with van der Waals surface area (Å²) >= 11 is 1.55. The smallest absolute Gasteiger partial charge is 0.264 e. The van der Waals surface area contributed by atoms with Gasteiger partial charge in [-0.2, -0.15) is 21.4 Å². The summed E-state index contributed by atoms with van der Waals surface area (Å²) in [5, 5.41) is 12.7. The summed E-state index contributed by atoms with van der Waals surface area (Å²) in [5.74, 6) is 0.849. The first kappa shape index (κ1) is 17.5. The van der Waals surface area contributed by atoms with E-state index in [0.717, 1.165) is 22.4 Å². The molecule has 4 aromatic heterocycles. The molecule has 0 amide bonds. The molecule has 1 aromatic carbocycles. The fourth-order valence-electron chi connectivity index (χ4n) is 3.30. The van der Waals surface area contributed by atoms with Crippen molar-refractivity contribution in [2.75, 3.05) is 0 Å². The Morgan fingerprint density at radius 1 is 1.17 bits per heavy atom. The number of fused-ring (bicyclic) bond motifs is 1. The number of thiophene rings is 1. The molecule has 8 nitrogen and oxygen atoms in total. The zero-order valence-electron chi connectivity index (χ0n) is 15.7. The zero-order chi connectivity index (χ0) is 20.0. The van der Waals surface area contributed by atoms with E-state index < -0.39 is 0 Å². The molecule has 0 saturated heterocycles. The van der Waals surface area contributed by atoms with E-state index in [1.807, 2.05) is 42.8 Å². The zero-order valence-corrected chi connectivity index (χ0v) is 16.6. The van der Waals surface area contributed by atoms with Gasteiger partial charge in [-0.1, -0.05) is 11.2 Å². The van der Waals surface area contributed by atoms with Gasteiger partial charge in [0.25, 0.3) is 11.4 Å². The van der Waals surface area contributed by atoms with Gasteiger partial charge in [0.05, 0.1) is 24.0 Å². The average molecular weight is 404 g/mol. The number of nitrogens with zero attached hydrogens (tertiary/aromatic N) is 6. The van der Waals surface area contributed by atoms with Gasteiger partial charge in [-0.15, -0.1) is 0 Å². The van der Waals surface area contributed by atoms with E-state index in [4.69, 9.17) is 4.52 Å². The Kier molecular flexibility index (Phi) is 4.09. The van der Waals surface area contributed by atoms with E-state index in [9.17, 15) is 4.79 Å². The summed E-state index contributed by atoms with van der Waals surface area (Å²) in [6.45, 7) is 4.22. The third kappa shape index (κ3) is 3.15. The second-order valence-corrected chi connectivity index (χ2v) is 7.63. The van der Waals surface area contributed by atoms with Gasteiger partial charge in [0.2, 0.25) is 0 Å². The maximum absolute atomic E-state index is 12.9. The number of hydrogen-bond donors (Lipinski definition) is 0. The molecule has 0 aliphatic heterocycles. The minimum absolute atomic E-state index is 0.171. The monoisotopic (exact) mass is 404 g/mol. The molecule has 0 saturated carbocycles. The molecule has 0 N–H and O–H groups in total. The predicted molar refractivity (Wildman–Crippen MR) is 109 cm³/mol. The summed E-state index contributed by atoms with van der Waals surface area (Å²) in [5.41, 5.74) is 4.30. The summed E-state index contributed by atoms with van der Waals surface area (Å²) < 4.78 is 8.43. The fourth-order valence-corrected chi connectivity index (χ4v) is 3.93. The van der Waals surface area contributed by atoms with Crippen molar-refractivity contribution in [1.82, 2.24) is 29.5 Å². The van der Waals surface area contributed by atoms with E-state index in [2.05, 4.69) is 26.3 Å². The quantitative estimate of drug-likeness (QED) is 0.456. The molecule has 9 heteroatoms. The van der Waals surface area contributed by atoms with E-state index in [1.54, 1.807) is 22.2 Å². The van der Waals surface area contributed by atoms with Crippen LogP contribution >= 0.6 is 11.3 Å². The van der Waals surface area contributed by atoms with Crippen LogP contribution < -0.4 is 5.56 Å². The molecule has 5 rings (SSSR count). The summed E-state index contributed by atoms with van der Waals surface area (Å²) in [7, 11) is 0. The van der Waals surface area contributed by atoms with Crippen molar-refractivity contribution in [3.05, 3.63) is 74.9 Å². The van der Waals surface area contributed by atoms with Crippen molar-refractivity contribution < 1.29 is 4.52 Å². The highest BCUT2D eigenvalue weighted by molar-refractivity contribution is 7.08. The fraction of sp³-hybridized carbons (Fsp3) is 0.150. The third-order valence-corrected chi connectivity index (χ3v) is 5.24. The van der Waals surface area contributed by atoms with Crippen LogP contribution in [-0.4, -0.2) is 29.5 Å². The lowest BCUT2D eigenvalue weighted by atomic mass is 10.1. The first-order valence-corrected chi connectivity index (χ1v) is 9.90. The van der Waals surface area contributed by atoms with Crippen LogP contribution in [0.3, 0.4) is 0 Å². The largest absolute Gasteiger partial charge is 0.334 e. The molecule has 0 aliphatic carbocycles. The molecule has 5 aromatic rings. The number of aromatic nitrogens is 6. The van der Waals surface area contributed by atoms with E-state index in [-0.39, 0.29) is 12.1 Å². The van der Waals surface area contributed by atoms with Gasteiger partial charge in [-0.05, 0) is 48.6 Å². The second-order valence-electron chi connectivity index (χ2n) is 6.84. The molecule has 0 bridgehead atoms. The Hall–Kier alpha value is -3.59. The molecule has 144 valence electrons. The summed E-state index contributed by atoms with van der Waals surface area (Å²) in [6, 6.07) is 8.02. The predicted octanol–water partition coefficient (Wildman–Crippen LogP) is 3.36. The topological polar surface area (TPSA) is 91.6 Å². The molecule has 29 heavy (non-hydrogen) atoms. The normalized spacial score (nSPS) is 11.4. The van der Waals surface area contributed by atoms with Crippen LogP contribution in [-0.2, 0) is 6.54 Å². The Morgan fingerprint density at radius 3 is 2.76 bits per heavy atom. The minimum Gasteiger partial charge on any atom is -0.334 e. The van der Waals surface area contributed by atoms with Crippen molar-refractivity contribution in [1.29, 1.82) is 0 Å². The van der Waals surface area contributed by atoms with Crippen LogP contribution in [0.4, 0.5) is 0 Å². The average Bonchev–Trinajstić information content (AvgIpc) is 3.43. The van der Waals surface area contributed by atoms with Gasteiger partial charge in [0.15, 0.2) is 11.5 Å². The van der Waals surface area contributed by atoms with Crippen LogP contribution in [0, 0.1) is 13.8 Å². The highest BCUT2D eigenvalue weighted by Crippen LogP contribution is 2.20. The molecule has 4 heterocycles. The molecule has 0 unspecified atom stereocenters. The maximum Gasteiger partial charge on any atom is 0.264 e. The van der Waals surface area contributed by atoms with Crippen LogP contribution in [0.2, 0.25) is 0 Å². The number of rotatable bonds is 4. The highest BCUT2D eigenvalue weighted by Gasteiger charge is 2.15. The third-order valence-electron chi connectivity index (χ3n) is 4.55. The van der Waals surface area contributed by atoms with Gasteiger partial charge in [0.1, 0.15) is 11.7 Å². The second kappa shape index (κ2) is 6.78.